The fourth-order valence-corrected chi connectivity index (χ4v) is 2.08. The molecule has 0 radical (unpaired) electrons. The van der Waals surface area contributed by atoms with Crippen molar-refractivity contribution in [3.05, 3.63) is 35.4 Å². The first-order valence-corrected chi connectivity index (χ1v) is 6.97. The fraction of sp³-hybridized carbons (Fsp3) is 0.533. The van der Waals surface area contributed by atoms with Gasteiger partial charge in [0.2, 0.25) is 5.91 Å². The van der Waals surface area contributed by atoms with E-state index in [2.05, 4.69) is 12.2 Å². The van der Waals surface area contributed by atoms with Crippen LogP contribution in [0.15, 0.2) is 18.2 Å². The van der Waals surface area contributed by atoms with E-state index in [0.717, 1.165) is 37.5 Å². The largest absolute Gasteiger partial charge is 0.352 e. The zero-order chi connectivity index (χ0) is 15.0. The topological polar surface area (TPSA) is 55.1 Å². The van der Waals surface area contributed by atoms with Crippen molar-refractivity contribution >= 4 is 5.91 Å². The predicted molar refractivity (Wildman–Crippen MR) is 74.9 cm³/mol. The van der Waals surface area contributed by atoms with Crippen LogP contribution in [0, 0.1) is 17.6 Å². The zero-order valence-corrected chi connectivity index (χ0v) is 11.8. The van der Waals surface area contributed by atoms with Crippen molar-refractivity contribution in [2.75, 3.05) is 6.54 Å². The van der Waals surface area contributed by atoms with E-state index in [0.29, 0.717) is 18.9 Å². The number of halogens is 2. The molecule has 0 fully saturated rings. The third kappa shape index (κ3) is 5.65. The Labute approximate surface area is 118 Å². The van der Waals surface area contributed by atoms with Crippen molar-refractivity contribution < 1.29 is 13.6 Å². The van der Waals surface area contributed by atoms with E-state index in [1.54, 1.807) is 0 Å². The van der Waals surface area contributed by atoms with Gasteiger partial charge in [-0.2, -0.15) is 0 Å². The summed E-state index contributed by atoms with van der Waals surface area (Å²) in [6.45, 7) is 2.70. The quantitative estimate of drug-likeness (QED) is 0.771. The smallest absolute Gasteiger partial charge is 0.220 e. The number of benzene rings is 1. The minimum atomic E-state index is -0.513. The average Bonchev–Trinajstić information content (AvgIpc) is 2.44. The van der Waals surface area contributed by atoms with Crippen LogP contribution < -0.4 is 11.1 Å². The highest BCUT2D eigenvalue weighted by molar-refractivity contribution is 5.75. The number of carbonyl (C=O) groups is 1. The van der Waals surface area contributed by atoms with Crippen LogP contribution >= 0.6 is 0 Å². The Morgan fingerprint density at radius 1 is 1.35 bits per heavy atom. The SMILES string of the molecule is CCC(CCN)CCC(=O)NCc1cc(F)ccc1F. The first-order chi connectivity index (χ1) is 9.56. The Morgan fingerprint density at radius 3 is 2.75 bits per heavy atom. The second-order valence-corrected chi connectivity index (χ2v) is 4.90. The van der Waals surface area contributed by atoms with Crippen molar-refractivity contribution in [3.63, 3.8) is 0 Å². The third-order valence-electron chi connectivity index (χ3n) is 3.42. The van der Waals surface area contributed by atoms with Gasteiger partial charge in [0.15, 0.2) is 0 Å². The summed E-state index contributed by atoms with van der Waals surface area (Å²) in [7, 11) is 0. The summed E-state index contributed by atoms with van der Waals surface area (Å²) in [4.78, 5) is 11.7. The van der Waals surface area contributed by atoms with E-state index in [1.165, 1.54) is 0 Å². The highest BCUT2D eigenvalue weighted by Crippen LogP contribution is 2.14. The lowest BCUT2D eigenvalue weighted by atomic mass is 9.96. The monoisotopic (exact) mass is 284 g/mol. The molecule has 112 valence electrons. The van der Waals surface area contributed by atoms with Gasteiger partial charge in [-0.25, -0.2) is 8.78 Å². The van der Waals surface area contributed by atoms with Crippen molar-refractivity contribution in [1.29, 1.82) is 0 Å². The number of hydrogen-bond donors (Lipinski definition) is 2. The number of carbonyl (C=O) groups excluding carboxylic acids is 1. The van der Waals surface area contributed by atoms with Crippen LogP contribution in [-0.4, -0.2) is 12.5 Å². The van der Waals surface area contributed by atoms with Crippen molar-refractivity contribution in [2.45, 2.75) is 39.2 Å². The van der Waals surface area contributed by atoms with Crippen molar-refractivity contribution in [2.24, 2.45) is 11.7 Å². The second-order valence-electron chi connectivity index (χ2n) is 4.90. The van der Waals surface area contributed by atoms with Crippen LogP contribution in [0.2, 0.25) is 0 Å². The van der Waals surface area contributed by atoms with Crippen LogP contribution in [0.3, 0.4) is 0 Å². The molecule has 1 rings (SSSR count). The first kappa shape index (κ1) is 16.6. The lowest BCUT2D eigenvalue weighted by molar-refractivity contribution is -0.121. The van der Waals surface area contributed by atoms with E-state index in [9.17, 15) is 13.6 Å². The number of hydrogen-bond acceptors (Lipinski definition) is 2. The molecule has 0 aromatic heterocycles. The second kappa shape index (κ2) is 8.64. The third-order valence-corrected chi connectivity index (χ3v) is 3.42. The summed E-state index contributed by atoms with van der Waals surface area (Å²) in [5.41, 5.74) is 5.66. The molecule has 3 N–H and O–H groups in total. The molecule has 0 saturated heterocycles. The number of nitrogens with two attached hydrogens (primary N) is 1. The summed E-state index contributed by atoms with van der Waals surface area (Å²) < 4.78 is 26.3. The molecule has 0 aliphatic rings. The Kier molecular flexibility index (Phi) is 7.15. The van der Waals surface area contributed by atoms with E-state index in [-0.39, 0.29) is 18.0 Å². The molecule has 5 heteroatoms. The fourth-order valence-electron chi connectivity index (χ4n) is 2.08. The molecule has 0 heterocycles. The summed E-state index contributed by atoms with van der Waals surface area (Å²) in [5, 5.41) is 2.61. The average molecular weight is 284 g/mol. The molecule has 0 spiro atoms. The van der Waals surface area contributed by atoms with Gasteiger partial charge in [-0.15, -0.1) is 0 Å². The normalized spacial score (nSPS) is 12.2. The molecule has 0 bridgehead atoms. The highest BCUT2D eigenvalue weighted by atomic mass is 19.1. The van der Waals surface area contributed by atoms with Gasteiger partial charge < -0.3 is 11.1 Å². The van der Waals surface area contributed by atoms with Gasteiger partial charge in [-0.3, -0.25) is 4.79 Å². The van der Waals surface area contributed by atoms with Gasteiger partial charge in [0, 0.05) is 18.5 Å². The molecule has 1 amide bonds. The van der Waals surface area contributed by atoms with E-state index in [4.69, 9.17) is 5.73 Å². The number of rotatable bonds is 8. The van der Waals surface area contributed by atoms with Crippen LogP contribution in [0.1, 0.15) is 38.2 Å². The molecule has 0 aliphatic heterocycles. The molecule has 1 aromatic carbocycles. The number of nitrogens with one attached hydrogen (secondary N) is 1. The standard InChI is InChI=1S/C15H22F2N2O/c1-2-11(7-8-18)3-6-15(20)19-10-12-9-13(16)4-5-14(12)17/h4-5,9,11H,2-3,6-8,10,18H2,1H3,(H,19,20). The van der Waals surface area contributed by atoms with Crippen molar-refractivity contribution in [3.8, 4) is 0 Å². The highest BCUT2D eigenvalue weighted by Gasteiger charge is 2.10. The molecular formula is C15H22F2N2O. The van der Waals surface area contributed by atoms with Gasteiger partial charge in [-0.1, -0.05) is 13.3 Å². The Morgan fingerprint density at radius 2 is 2.10 bits per heavy atom. The zero-order valence-electron chi connectivity index (χ0n) is 11.8. The van der Waals surface area contributed by atoms with Gasteiger partial charge >= 0.3 is 0 Å². The minimum absolute atomic E-state index is 0.0100. The Bertz CT molecular complexity index is 438. The maximum Gasteiger partial charge on any atom is 0.220 e. The molecule has 0 aliphatic carbocycles. The van der Waals surface area contributed by atoms with Gasteiger partial charge in [-0.05, 0) is 43.5 Å². The maximum atomic E-state index is 13.4. The minimum Gasteiger partial charge on any atom is -0.352 e. The lowest BCUT2D eigenvalue weighted by Crippen LogP contribution is -2.24. The van der Waals surface area contributed by atoms with Gasteiger partial charge in [0.1, 0.15) is 11.6 Å². The molecule has 1 atom stereocenters. The number of amides is 1. The molecule has 1 unspecified atom stereocenters. The molecule has 1 aromatic rings. The van der Waals surface area contributed by atoms with Crippen LogP contribution in [-0.2, 0) is 11.3 Å². The van der Waals surface area contributed by atoms with E-state index in [1.807, 2.05) is 0 Å². The Balaban J connectivity index is 2.37. The lowest BCUT2D eigenvalue weighted by Gasteiger charge is -2.13. The summed E-state index contributed by atoms with van der Waals surface area (Å²) in [6.07, 6.45) is 3.05. The maximum absolute atomic E-state index is 13.4. The van der Waals surface area contributed by atoms with E-state index >= 15 is 0 Å². The summed E-state index contributed by atoms with van der Waals surface area (Å²) in [5.74, 6) is -0.730. The first-order valence-electron chi connectivity index (χ1n) is 6.97. The molecule has 20 heavy (non-hydrogen) atoms. The van der Waals surface area contributed by atoms with Crippen molar-refractivity contribution in [1.82, 2.24) is 5.32 Å². The molecule has 3 nitrogen and oxygen atoms in total. The molecule has 0 saturated carbocycles. The Hall–Kier alpha value is -1.49. The van der Waals surface area contributed by atoms with Crippen LogP contribution in [0.4, 0.5) is 8.78 Å². The van der Waals surface area contributed by atoms with Crippen LogP contribution in [0.5, 0.6) is 0 Å². The van der Waals surface area contributed by atoms with E-state index < -0.39 is 11.6 Å². The van der Waals surface area contributed by atoms with Gasteiger partial charge in [0.05, 0.1) is 0 Å². The summed E-state index contributed by atoms with van der Waals surface area (Å²) >= 11 is 0. The van der Waals surface area contributed by atoms with Gasteiger partial charge in [0.25, 0.3) is 0 Å². The summed E-state index contributed by atoms with van der Waals surface area (Å²) in [6, 6.07) is 3.21. The predicted octanol–water partition coefficient (Wildman–Crippen LogP) is 2.74. The van der Waals surface area contributed by atoms with Crippen LogP contribution in [0.25, 0.3) is 0 Å². The molecular weight excluding hydrogens is 262 g/mol.